The van der Waals surface area contributed by atoms with Crippen LogP contribution in [0.15, 0.2) is 53.6 Å². The van der Waals surface area contributed by atoms with E-state index in [9.17, 15) is 33.6 Å². The predicted octanol–water partition coefficient (Wildman–Crippen LogP) is 3.41. The van der Waals surface area contributed by atoms with Crippen molar-refractivity contribution in [3.63, 3.8) is 0 Å². The number of aliphatic hydroxyl groups is 1. The van der Waals surface area contributed by atoms with Gasteiger partial charge in [0.15, 0.2) is 5.78 Å². The molecule has 35 heavy (non-hydrogen) atoms. The first-order valence-corrected chi connectivity index (χ1v) is 12.1. The highest BCUT2D eigenvalue weighted by atomic mass is 32.3. The molecular weight excluding hydrogens is 476 g/mol. The molecule has 0 radical (unpaired) electrons. The second kappa shape index (κ2) is 12.0. The lowest BCUT2D eigenvalue weighted by atomic mass is 9.95. The molecular formula is C25H30O9S. The molecule has 0 fully saturated rings. The molecule has 1 atom stereocenters. The van der Waals surface area contributed by atoms with Gasteiger partial charge in [-0.05, 0) is 68.0 Å². The van der Waals surface area contributed by atoms with Crippen molar-refractivity contribution in [1.29, 1.82) is 0 Å². The van der Waals surface area contributed by atoms with Crippen LogP contribution in [0, 0.1) is 0 Å². The molecule has 5 N–H and O–H groups in total. The number of aliphatic hydroxyl groups excluding tert-OH is 1. The van der Waals surface area contributed by atoms with Gasteiger partial charge in [-0.15, -0.1) is 0 Å². The standard InChI is InChI=1S/C25H30O9S/c1-15(2)4-7-19-12-20(23(28)13-22(19)27)25(30)24(29)11-17-6-9-21(26)18(10-17)8-5-16(3)14-34-35(31,32)33/h4-6,9-10,12-13,24,26-29H,7-8,11,14H2,1-3H3,(H,31,32,33)/b16-5+. The normalized spacial score (nSPS) is 12.9. The van der Waals surface area contributed by atoms with Crippen molar-refractivity contribution in [2.45, 2.75) is 46.1 Å². The number of carbonyl (C=O) groups is 1. The van der Waals surface area contributed by atoms with Gasteiger partial charge < -0.3 is 20.4 Å². The van der Waals surface area contributed by atoms with E-state index in [2.05, 4.69) is 4.18 Å². The van der Waals surface area contributed by atoms with Crippen LogP contribution in [0.2, 0.25) is 0 Å². The summed E-state index contributed by atoms with van der Waals surface area (Å²) in [6.07, 6.45) is 2.45. The van der Waals surface area contributed by atoms with E-state index in [1.54, 1.807) is 25.1 Å². The Labute approximate surface area is 204 Å². The Bertz CT molecular complexity index is 1240. The zero-order chi connectivity index (χ0) is 26.3. The van der Waals surface area contributed by atoms with Gasteiger partial charge in [-0.3, -0.25) is 9.35 Å². The van der Waals surface area contributed by atoms with E-state index in [-0.39, 0.29) is 36.5 Å². The highest BCUT2D eigenvalue weighted by molar-refractivity contribution is 7.80. The number of Topliss-reactive ketones (excluding diaryl/α,β-unsaturated/α-hetero) is 1. The Morgan fingerprint density at radius 2 is 1.57 bits per heavy atom. The van der Waals surface area contributed by atoms with Crippen LogP contribution >= 0.6 is 0 Å². The summed E-state index contributed by atoms with van der Waals surface area (Å²) in [5.74, 6) is -1.34. The Morgan fingerprint density at radius 3 is 2.20 bits per heavy atom. The predicted molar refractivity (Wildman–Crippen MR) is 130 cm³/mol. The van der Waals surface area contributed by atoms with Crippen molar-refractivity contribution in [3.05, 3.63) is 75.9 Å². The van der Waals surface area contributed by atoms with E-state index in [1.165, 1.54) is 12.1 Å². The monoisotopic (exact) mass is 506 g/mol. The van der Waals surface area contributed by atoms with Gasteiger partial charge in [0.2, 0.25) is 0 Å². The Balaban J connectivity index is 2.17. The third-order valence-electron chi connectivity index (χ3n) is 5.17. The molecule has 0 saturated heterocycles. The molecule has 0 amide bonds. The SMILES string of the molecule is CC(C)=CCc1cc(C(=O)C(O)Cc2ccc(O)c(C/C=C(\C)COS(=O)(=O)O)c2)c(O)cc1O. The van der Waals surface area contributed by atoms with E-state index in [1.807, 2.05) is 19.9 Å². The summed E-state index contributed by atoms with van der Waals surface area (Å²) in [4.78, 5) is 12.8. The highest BCUT2D eigenvalue weighted by Gasteiger charge is 2.23. The van der Waals surface area contributed by atoms with E-state index in [4.69, 9.17) is 4.55 Å². The minimum atomic E-state index is -4.56. The number of hydrogen-bond acceptors (Lipinski definition) is 8. The summed E-state index contributed by atoms with van der Waals surface area (Å²) < 4.78 is 34.3. The summed E-state index contributed by atoms with van der Waals surface area (Å²) >= 11 is 0. The third-order valence-corrected chi connectivity index (χ3v) is 5.59. The first kappa shape index (κ1) is 28.1. The van der Waals surface area contributed by atoms with Crippen LogP contribution < -0.4 is 0 Å². The number of aromatic hydroxyl groups is 3. The van der Waals surface area contributed by atoms with E-state index >= 15 is 0 Å². The van der Waals surface area contributed by atoms with Gasteiger partial charge in [-0.2, -0.15) is 8.42 Å². The first-order chi connectivity index (χ1) is 16.3. The molecule has 0 aromatic heterocycles. The van der Waals surface area contributed by atoms with Crippen molar-refractivity contribution in [2.24, 2.45) is 0 Å². The van der Waals surface area contributed by atoms with Crippen molar-refractivity contribution in [2.75, 3.05) is 6.61 Å². The largest absolute Gasteiger partial charge is 0.508 e. The number of carbonyl (C=O) groups excluding carboxylic acids is 1. The van der Waals surface area contributed by atoms with Gasteiger partial charge in [0.25, 0.3) is 0 Å². The minimum Gasteiger partial charge on any atom is -0.508 e. The van der Waals surface area contributed by atoms with E-state index in [0.29, 0.717) is 28.7 Å². The summed E-state index contributed by atoms with van der Waals surface area (Å²) in [7, 11) is -4.56. The number of ketones is 1. The van der Waals surface area contributed by atoms with Crippen LogP contribution in [-0.4, -0.2) is 51.9 Å². The Morgan fingerprint density at radius 1 is 0.943 bits per heavy atom. The van der Waals surface area contributed by atoms with Gasteiger partial charge in [0.05, 0.1) is 12.2 Å². The Kier molecular flexibility index (Phi) is 9.61. The molecule has 0 aliphatic rings. The maximum atomic E-state index is 12.8. The molecule has 0 bridgehead atoms. The van der Waals surface area contributed by atoms with Gasteiger partial charge in [0, 0.05) is 12.5 Å². The summed E-state index contributed by atoms with van der Waals surface area (Å²) in [5, 5.41) is 40.9. The molecule has 0 heterocycles. The molecule has 0 spiro atoms. The highest BCUT2D eigenvalue weighted by Crippen LogP contribution is 2.30. The topological polar surface area (TPSA) is 162 Å². The maximum Gasteiger partial charge on any atom is 0.397 e. The molecule has 190 valence electrons. The molecule has 1 unspecified atom stereocenters. The first-order valence-electron chi connectivity index (χ1n) is 10.8. The van der Waals surface area contributed by atoms with Gasteiger partial charge >= 0.3 is 10.4 Å². The summed E-state index contributed by atoms with van der Waals surface area (Å²) in [6, 6.07) is 6.99. The fraction of sp³-hybridized carbons (Fsp3) is 0.320. The van der Waals surface area contributed by atoms with Gasteiger partial charge in [0.1, 0.15) is 23.4 Å². The van der Waals surface area contributed by atoms with Gasteiger partial charge in [-0.1, -0.05) is 29.9 Å². The average Bonchev–Trinajstić information content (AvgIpc) is 2.76. The number of rotatable bonds is 11. The fourth-order valence-corrected chi connectivity index (χ4v) is 3.57. The molecule has 2 rings (SSSR count). The number of phenolic OH excluding ortho intramolecular Hbond substituents is 3. The second-order valence-corrected chi connectivity index (χ2v) is 9.57. The lowest BCUT2D eigenvalue weighted by Gasteiger charge is -2.14. The smallest absolute Gasteiger partial charge is 0.397 e. The number of phenols is 3. The molecule has 0 aliphatic carbocycles. The van der Waals surface area contributed by atoms with Crippen LogP contribution in [-0.2, 0) is 33.8 Å². The number of hydrogen-bond donors (Lipinski definition) is 5. The summed E-state index contributed by atoms with van der Waals surface area (Å²) in [5.41, 5.74) is 2.85. The maximum absolute atomic E-state index is 12.8. The second-order valence-electron chi connectivity index (χ2n) is 8.48. The van der Waals surface area contributed by atoms with Crippen LogP contribution in [0.25, 0.3) is 0 Å². The molecule has 2 aromatic rings. The quantitative estimate of drug-likeness (QED) is 0.175. The van der Waals surface area contributed by atoms with Crippen molar-refractivity contribution >= 4 is 16.2 Å². The van der Waals surface area contributed by atoms with Crippen LogP contribution in [0.3, 0.4) is 0 Å². The van der Waals surface area contributed by atoms with E-state index in [0.717, 1.165) is 11.6 Å². The molecule has 0 saturated carbocycles. The number of benzene rings is 2. The van der Waals surface area contributed by atoms with Gasteiger partial charge in [-0.25, -0.2) is 4.18 Å². The summed E-state index contributed by atoms with van der Waals surface area (Å²) in [6.45, 7) is 5.02. The minimum absolute atomic E-state index is 0.0330. The van der Waals surface area contributed by atoms with Crippen LogP contribution in [0.5, 0.6) is 17.2 Å². The molecule has 0 aliphatic heterocycles. The zero-order valence-corrected chi connectivity index (χ0v) is 20.5. The lowest BCUT2D eigenvalue weighted by Crippen LogP contribution is -2.23. The van der Waals surface area contributed by atoms with E-state index < -0.39 is 28.0 Å². The van der Waals surface area contributed by atoms with Crippen LogP contribution in [0.1, 0.15) is 47.8 Å². The average molecular weight is 507 g/mol. The third kappa shape index (κ3) is 8.84. The zero-order valence-electron chi connectivity index (χ0n) is 19.7. The Hall–Kier alpha value is -3.18. The molecule has 2 aromatic carbocycles. The van der Waals surface area contributed by atoms with Crippen molar-refractivity contribution < 1.29 is 42.4 Å². The molecule has 9 nitrogen and oxygen atoms in total. The number of allylic oxidation sites excluding steroid dienone is 3. The van der Waals surface area contributed by atoms with Crippen molar-refractivity contribution in [1.82, 2.24) is 0 Å². The van der Waals surface area contributed by atoms with Crippen LogP contribution in [0.4, 0.5) is 0 Å². The molecule has 10 heteroatoms. The fourth-order valence-electron chi connectivity index (χ4n) is 3.23. The van der Waals surface area contributed by atoms with Crippen molar-refractivity contribution in [3.8, 4) is 17.2 Å². The lowest BCUT2D eigenvalue weighted by molar-refractivity contribution is 0.0745.